The number of hydrogen-bond donors (Lipinski definition) is 0. The molecule has 0 aliphatic heterocycles. The van der Waals surface area contributed by atoms with Gasteiger partial charge in [0.25, 0.3) is 0 Å². The zero-order valence-electron chi connectivity index (χ0n) is 7.77. The fourth-order valence-corrected chi connectivity index (χ4v) is 2.35. The Labute approximate surface area is 76.2 Å². The van der Waals surface area contributed by atoms with Crippen LogP contribution in [-0.4, -0.2) is 35.8 Å². The maximum Gasteiger partial charge on any atom is 0.500 e. The number of alkyl halides is 3. The molecule has 0 saturated heterocycles. The van der Waals surface area contributed by atoms with Crippen LogP contribution < -0.4 is 0 Å². The van der Waals surface area contributed by atoms with Gasteiger partial charge in [0.1, 0.15) is 6.61 Å². The third-order valence-electron chi connectivity index (χ3n) is 1.51. The van der Waals surface area contributed by atoms with E-state index in [0.29, 0.717) is 6.04 Å². The second kappa shape index (κ2) is 4.94. The zero-order chi connectivity index (χ0) is 10.5. The summed E-state index contributed by atoms with van der Waals surface area (Å²) in [4.78, 5) is 0. The van der Waals surface area contributed by atoms with Gasteiger partial charge in [0.05, 0.1) is 0 Å². The van der Waals surface area contributed by atoms with Crippen molar-refractivity contribution in [1.29, 1.82) is 0 Å². The first kappa shape index (κ1) is 12.9. The molecule has 0 saturated carbocycles. The molecule has 3 nitrogen and oxygen atoms in total. The van der Waals surface area contributed by atoms with Crippen molar-refractivity contribution < 1.29 is 26.4 Å². The summed E-state index contributed by atoms with van der Waals surface area (Å²) >= 11 is 0. The van der Waals surface area contributed by atoms with Gasteiger partial charge in [-0.3, -0.25) is 0 Å². The Balaban J connectivity index is 4.11. The molecule has 0 aliphatic carbocycles. The molecule has 7 heteroatoms. The highest BCUT2D eigenvalue weighted by Crippen LogP contribution is 2.20. The summed E-state index contributed by atoms with van der Waals surface area (Å²) in [6.07, 6.45) is -4.34. The third-order valence-corrected chi connectivity index (χ3v) is 4.20. The van der Waals surface area contributed by atoms with Crippen LogP contribution in [0.15, 0.2) is 0 Å². The quantitative estimate of drug-likeness (QED) is 0.659. The van der Waals surface area contributed by atoms with Crippen molar-refractivity contribution >= 4 is 8.80 Å². The van der Waals surface area contributed by atoms with E-state index in [1.54, 1.807) is 6.92 Å². The second-order valence-corrected chi connectivity index (χ2v) is 5.53. The lowest BCUT2D eigenvalue weighted by atomic mass is 10.7. The first-order chi connectivity index (χ1) is 5.89. The van der Waals surface area contributed by atoms with Gasteiger partial charge in [0.15, 0.2) is 0 Å². The molecule has 0 amide bonds. The van der Waals surface area contributed by atoms with E-state index in [2.05, 4.69) is 4.43 Å². The molecule has 0 heterocycles. The molecule has 0 atom stereocenters. The van der Waals surface area contributed by atoms with E-state index in [0.717, 1.165) is 0 Å². The van der Waals surface area contributed by atoms with E-state index < -0.39 is 21.6 Å². The van der Waals surface area contributed by atoms with Crippen molar-refractivity contribution in [2.24, 2.45) is 0 Å². The monoisotopic (exact) mass is 218 g/mol. The Morgan fingerprint density at radius 1 is 1.15 bits per heavy atom. The predicted octanol–water partition coefficient (Wildman–Crippen LogP) is 1.82. The van der Waals surface area contributed by atoms with Crippen molar-refractivity contribution in [3.8, 4) is 0 Å². The Kier molecular flexibility index (Phi) is 4.90. The van der Waals surface area contributed by atoms with Crippen LogP contribution in [0, 0.1) is 0 Å². The molecular formula is C6H13F3O3Si. The summed E-state index contributed by atoms with van der Waals surface area (Å²) in [5, 5.41) is 0. The Morgan fingerprint density at radius 3 is 1.85 bits per heavy atom. The molecular weight excluding hydrogens is 205 g/mol. The van der Waals surface area contributed by atoms with Crippen molar-refractivity contribution in [3.63, 3.8) is 0 Å². The summed E-state index contributed by atoms with van der Waals surface area (Å²) in [7, 11) is -0.473. The molecule has 0 radical (unpaired) electrons. The molecule has 0 rings (SSSR count). The molecule has 0 N–H and O–H groups in total. The molecule has 0 aromatic carbocycles. The van der Waals surface area contributed by atoms with Crippen molar-refractivity contribution in [3.05, 3.63) is 0 Å². The molecule has 0 aromatic rings. The predicted molar refractivity (Wildman–Crippen MR) is 42.3 cm³/mol. The van der Waals surface area contributed by atoms with Crippen molar-refractivity contribution in [2.75, 3.05) is 20.8 Å². The molecule has 0 unspecified atom stereocenters. The van der Waals surface area contributed by atoms with Crippen molar-refractivity contribution in [1.82, 2.24) is 0 Å². The summed E-state index contributed by atoms with van der Waals surface area (Å²) < 4.78 is 49.6. The molecule has 13 heavy (non-hydrogen) atoms. The second-order valence-electron chi connectivity index (χ2n) is 2.35. The van der Waals surface area contributed by atoms with E-state index in [4.69, 9.17) is 8.85 Å². The van der Waals surface area contributed by atoms with Gasteiger partial charge in [-0.15, -0.1) is 0 Å². The lowest BCUT2D eigenvalue weighted by molar-refractivity contribution is -0.163. The zero-order valence-corrected chi connectivity index (χ0v) is 8.77. The number of halogens is 3. The van der Waals surface area contributed by atoms with E-state index in [1.807, 2.05) is 0 Å². The summed E-state index contributed by atoms with van der Waals surface area (Å²) in [6.45, 7) is 0.338. The fourth-order valence-electron chi connectivity index (χ4n) is 0.784. The van der Waals surface area contributed by atoms with E-state index in [9.17, 15) is 13.2 Å². The van der Waals surface area contributed by atoms with Crippen LogP contribution in [0.1, 0.15) is 6.92 Å². The Bertz CT molecular complexity index is 138. The topological polar surface area (TPSA) is 27.7 Å². The maximum atomic E-state index is 11.8. The van der Waals surface area contributed by atoms with Crippen molar-refractivity contribution in [2.45, 2.75) is 19.1 Å². The van der Waals surface area contributed by atoms with Crippen LogP contribution >= 0.6 is 0 Å². The van der Waals surface area contributed by atoms with Gasteiger partial charge in [0.2, 0.25) is 0 Å². The summed E-state index contributed by atoms with van der Waals surface area (Å²) in [5.41, 5.74) is 0. The number of hydrogen-bond acceptors (Lipinski definition) is 3. The van der Waals surface area contributed by atoms with Crippen LogP contribution in [0.5, 0.6) is 0 Å². The molecule has 0 bridgehead atoms. The average Bonchev–Trinajstić information content (AvgIpc) is 2.06. The molecule has 0 fully saturated rings. The lowest BCUT2D eigenvalue weighted by Gasteiger charge is -2.25. The maximum absolute atomic E-state index is 11.8. The minimum atomic E-state index is -4.34. The normalized spacial score (nSPS) is 13.4. The number of rotatable bonds is 5. The lowest BCUT2D eigenvalue weighted by Crippen LogP contribution is -2.45. The molecule has 0 aromatic heterocycles. The van der Waals surface area contributed by atoms with Crippen LogP contribution in [0.3, 0.4) is 0 Å². The molecule has 0 spiro atoms. The van der Waals surface area contributed by atoms with Crippen LogP contribution in [0.2, 0.25) is 6.04 Å². The minimum Gasteiger partial charge on any atom is -0.377 e. The fraction of sp³-hybridized carbons (Fsp3) is 1.00. The average molecular weight is 218 g/mol. The molecule has 0 aliphatic rings. The first-order valence-corrected chi connectivity index (χ1v) is 5.63. The van der Waals surface area contributed by atoms with Gasteiger partial charge in [0, 0.05) is 20.3 Å². The van der Waals surface area contributed by atoms with E-state index in [1.165, 1.54) is 14.2 Å². The van der Waals surface area contributed by atoms with Gasteiger partial charge in [-0.05, 0) is 0 Å². The van der Waals surface area contributed by atoms with E-state index >= 15 is 0 Å². The van der Waals surface area contributed by atoms with Gasteiger partial charge >= 0.3 is 15.0 Å². The summed E-state index contributed by atoms with van der Waals surface area (Å²) in [5.74, 6) is 0. The van der Waals surface area contributed by atoms with Crippen LogP contribution in [-0.2, 0) is 13.3 Å². The van der Waals surface area contributed by atoms with Gasteiger partial charge in [-0.25, -0.2) is 0 Å². The van der Waals surface area contributed by atoms with Crippen LogP contribution in [0.25, 0.3) is 0 Å². The minimum absolute atomic E-state index is 0.316. The van der Waals surface area contributed by atoms with Gasteiger partial charge in [-0.1, -0.05) is 6.92 Å². The van der Waals surface area contributed by atoms with Crippen LogP contribution in [0.4, 0.5) is 13.2 Å². The Morgan fingerprint density at radius 2 is 1.62 bits per heavy atom. The molecule has 80 valence electrons. The smallest absolute Gasteiger partial charge is 0.377 e. The highest BCUT2D eigenvalue weighted by molar-refractivity contribution is 6.60. The third kappa shape index (κ3) is 4.60. The Hall–Kier alpha value is -0.113. The van der Waals surface area contributed by atoms with E-state index in [-0.39, 0.29) is 0 Å². The highest BCUT2D eigenvalue weighted by atomic mass is 28.4. The standard InChI is InChI=1S/C6H13F3O3Si/c1-4-13(10-2,11-3)12-5-6(7,8)9/h4-5H2,1-3H3. The first-order valence-electron chi connectivity index (χ1n) is 3.70. The SMILES string of the molecule is CC[Si](OC)(OC)OCC(F)(F)F. The highest BCUT2D eigenvalue weighted by Gasteiger charge is 2.41. The largest absolute Gasteiger partial charge is 0.500 e. The van der Waals surface area contributed by atoms with Gasteiger partial charge in [-0.2, -0.15) is 13.2 Å². The van der Waals surface area contributed by atoms with Gasteiger partial charge < -0.3 is 13.3 Å². The summed E-state index contributed by atoms with van der Waals surface area (Å²) in [6, 6.07) is 0.316.